The maximum atomic E-state index is 12.8. The van der Waals surface area contributed by atoms with E-state index in [0.717, 1.165) is 0 Å². The van der Waals surface area contributed by atoms with Gasteiger partial charge in [-0.05, 0) is 36.5 Å². The van der Waals surface area contributed by atoms with E-state index in [1.807, 2.05) is 48.5 Å². The van der Waals surface area contributed by atoms with Crippen molar-refractivity contribution in [3.05, 3.63) is 60.7 Å². The van der Waals surface area contributed by atoms with Crippen molar-refractivity contribution in [1.29, 1.82) is 0 Å². The van der Waals surface area contributed by atoms with E-state index in [0.29, 0.717) is 16.5 Å². The lowest BCUT2D eigenvalue weighted by atomic mass is 10.1. The van der Waals surface area contributed by atoms with Crippen LogP contribution < -0.4 is 9.80 Å². The molecule has 1 aliphatic heterocycles. The Morgan fingerprint density at radius 3 is 2.04 bits per heavy atom. The molecule has 0 radical (unpaired) electrons. The lowest BCUT2D eigenvalue weighted by Gasteiger charge is -2.23. The van der Waals surface area contributed by atoms with Crippen LogP contribution in [0.5, 0.6) is 0 Å². The van der Waals surface area contributed by atoms with Gasteiger partial charge in [-0.2, -0.15) is 0 Å². The minimum atomic E-state index is -1.04. The van der Waals surface area contributed by atoms with Gasteiger partial charge in [0.2, 0.25) is 0 Å². The summed E-state index contributed by atoms with van der Waals surface area (Å²) in [6.07, 6.45) is -0.308. The molecule has 2 aromatic carbocycles. The number of thiocarbonyl (C=S) groups is 1. The molecular formula is C17H14N2O3S. The molecule has 116 valence electrons. The van der Waals surface area contributed by atoms with Gasteiger partial charge in [-0.25, -0.2) is 0 Å². The highest BCUT2D eigenvalue weighted by Gasteiger charge is 2.44. The van der Waals surface area contributed by atoms with Crippen LogP contribution in [0, 0.1) is 0 Å². The summed E-state index contributed by atoms with van der Waals surface area (Å²) < 4.78 is 0. The number of hydrogen-bond acceptors (Lipinski definition) is 3. The van der Waals surface area contributed by atoms with Gasteiger partial charge in [0.15, 0.2) is 5.11 Å². The Hall–Kier alpha value is -2.73. The lowest BCUT2D eigenvalue weighted by molar-refractivity contribution is -0.138. The topological polar surface area (TPSA) is 60.9 Å². The Balaban J connectivity index is 2.04. The summed E-state index contributed by atoms with van der Waals surface area (Å²) in [5.74, 6) is -1.37. The summed E-state index contributed by atoms with van der Waals surface area (Å²) in [7, 11) is 0. The molecule has 1 amide bonds. The Morgan fingerprint density at radius 2 is 1.52 bits per heavy atom. The fourth-order valence-corrected chi connectivity index (χ4v) is 3.06. The third kappa shape index (κ3) is 2.80. The van der Waals surface area contributed by atoms with E-state index >= 15 is 0 Å². The van der Waals surface area contributed by atoms with E-state index in [4.69, 9.17) is 17.3 Å². The molecule has 1 aliphatic rings. The Morgan fingerprint density at radius 1 is 1.00 bits per heavy atom. The number of amides is 1. The molecule has 0 spiro atoms. The highest BCUT2D eigenvalue weighted by atomic mass is 32.1. The van der Waals surface area contributed by atoms with Crippen molar-refractivity contribution in [2.75, 3.05) is 9.80 Å². The van der Waals surface area contributed by atoms with E-state index in [1.54, 1.807) is 17.0 Å². The quantitative estimate of drug-likeness (QED) is 0.875. The molecule has 6 heteroatoms. The predicted molar refractivity (Wildman–Crippen MR) is 91.5 cm³/mol. The van der Waals surface area contributed by atoms with Crippen LogP contribution in [0.4, 0.5) is 11.4 Å². The lowest BCUT2D eigenvalue weighted by Crippen LogP contribution is -2.36. The third-order valence-electron chi connectivity index (χ3n) is 3.63. The second kappa shape index (κ2) is 6.18. The number of nitrogens with zero attached hydrogens (tertiary/aromatic N) is 2. The van der Waals surface area contributed by atoms with Gasteiger partial charge in [-0.3, -0.25) is 14.5 Å². The molecule has 0 saturated carbocycles. The summed E-state index contributed by atoms with van der Waals surface area (Å²) >= 11 is 5.47. The van der Waals surface area contributed by atoms with Crippen LogP contribution in [-0.2, 0) is 9.59 Å². The van der Waals surface area contributed by atoms with E-state index in [9.17, 15) is 9.59 Å². The molecule has 0 unspecified atom stereocenters. The molecule has 5 nitrogen and oxygen atoms in total. The zero-order chi connectivity index (χ0) is 16.4. The Bertz CT molecular complexity index is 749. The number of carboxylic acid groups (broad SMARTS) is 1. The van der Waals surface area contributed by atoms with Crippen molar-refractivity contribution >= 4 is 40.6 Å². The highest BCUT2D eigenvalue weighted by Crippen LogP contribution is 2.31. The normalized spacial score (nSPS) is 17.7. The van der Waals surface area contributed by atoms with Gasteiger partial charge >= 0.3 is 5.97 Å². The molecule has 0 aromatic heterocycles. The molecule has 23 heavy (non-hydrogen) atoms. The Labute approximate surface area is 138 Å². The minimum absolute atomic E-state index is 0.290. The number of carbonyl (C=O) groups excluding carboxylic acids is 1. The van der Waals surface area contributed by atoms with Gasteiger partial charge in [-0.15, -0.1) is 0 Å². The fourth-order valence-electron chi connectivity index (χ4n) is 2.63. The number of hydrogen-bond donors (Lipinski definition) is 1. The molecule has 0 bridgehead atoms. The molecular weight excluding hydrogens is 312 g/mol. The first kappa shape index (κ1) is 15.2. The van der Waals surface area contributed by atoms with Crippen molar-refractivity contribution in [2.24, 2.45) is 0 Å². The van der Waals surface area contributed by atoms with Crippen LogP contribution in [-0.4, -0.2) is 28.1 Å². The highest BCUT2D eigenvalue weighted by molar-refractivity contribution is 7.81. The number of benzene rings is 2. The minimum Gasteiger partial charge on any atom is -0.481 e. The van der Waals surface area contributed by atoms with Crippen LogP contribution in [0.15, 0.2) is 60.7 Å². The van der Waals surface area contributed by atoms with Crippen molar-refractivity contribution < 1.29 is 14.7 Å². The zero-order valence-electron chi connectivity index (χ0n) is 12.1. The van der Waals surface area contributed by atoms with Crippen LogP contribution in [0.2, 0.25) is 0 Å². The van der Waals surface area contributed by atoms with Crippen molar-refractivity contribution in [3.63, 3.8) is 0 Å². The largest absolute Gasteiger partial charge is 0.481 e. The first-order chi connectivity index (χ1) is 11.1. The molecule has 1 heterocycles. The van der Waals surface area contributed by atoms with Gasteiger partial charge in [0, 0.05) is 5.69 Å². The third-order valence-corrected chi connectivity index (χ3v) is 4.01. The summed E-state index contributed by atoms with van der Waals surface area (Å²) in [5, 5.41) is 9.45. The predicted octanol–water partition coefficient (Wildman–Crippen LogP) is 2.67. The number of carbonyl (C=O) groups is 2. The van der Waals surface area contributed by atoms with Gasteiger partial charge in [0.1, 0.15) is 6.04 Å². The van der Waals surface area contributed by atoms with E-state index in [2.05, 4.69) is 0 Å². The number of rotatable bonds is 4. The SMILES string of the molecule is O=C(O)C[C@H]1C(=O)N(c2ccccc2)C(=S)N1c1ccccc1. The van der Waals surface area contributed by atoms with Crippen molar-refractivity contribution in [3.8, 4) is 0 Å². The van der Waals surface area contributed by atoms with Crippen molar-refractivity contribution in [1.82, 2.24) is 0 Å². The second-order valence-electron chi connectivity index (χ2n) is 5.11. The number of carboxylic acids is 1. The number of aliphatic carboxylic acids is 1. The van der Waals surface area contributed by atoms with Gasteiger partial charge in [0.25, 0.3) is 5.91 Å². The Kier molecular flexibility index (Phi) is 4.08. The number of anilines is 2. The summed E-state index contributed by atoms with van der Waals surface area (Å²) in [4.78, 5) is 27.0. The summed E-state index contributed by atoms with van der Waals surface area (Å²) in [5.41, 5.74) is 1.34. The summed E-state index contributed by atoms with van der Waals surface area (Å²) in [6, 6.07) is 17.3. The molecule has 2 aromatic rings. The molecule has 1 saturated heterocycles. The first-order valence-corrected chi connectivity index (χ1v) is 7.49. The average Bonchev–Trinajstić information content (AvgIpc) is 2.79. The van der Waals surface area contributed by atoms with Crippen LogP contribution in [0.25, 0.3) is 0 Å². The smallest absolute Gasteiger partial charge is 0.306 e. The second-order valence-corrected chi connectivity index (χ2v) is 5.48. The monoisotopic (exact) mass is 326 g/mol. The molecule has 1 N–H and O–H groups in total. The van der Waals surface area contributed by atoms with Crippen molar-refractivity contribution in [2.45, 2.75) is 12.5 Å². The maximum absolute atomic E-state index is 12.8. The maximum Gasteiger partial charge on any atom is 0.306 e. The molecule has 0 aliphatic carbocycles. The van der Waals surface area contributed by atoms with E-state index in [-0.39, 0.29) is 12.3 Å². The van der Waals surface area contributed by atoms with Crippen LogP contribution >= 0.6 is 12.2 Å². The molecule has 1 atom stereocenters. The number of para-hydroxylation sites is 2. The zero-order valence-corrected chi connectivity index (χ0v) is 12.9. The van der Waals surface area contributed by atoms with Crippen LogP contribution in [0.1, 0.15) is 6.42 Å². The van der Waals surface area contributed by atoms with Crippen LogP contribution in [0.3, 0.4) is 0 Å². The van der Waals surface area contributed by atoms with Gasteiger partial charge < -0.3 is 10.0 Å². The summed E-state index contributed by atoms with van der Waals surface area (Å²) in [6.45, 7) is 0. The van der Waals surface area contributed by atoms with E-state index in [1.165, 1.54) is 4.90 Å². The van der Waals surface area contributed by atoms with E-state index < -0.39 is 12.0 Å². The molecule has 1 fully saturated rings. The average molecular weight is 326 g/mol. The molecule has 3 rings (SSSR count). The van der Waals surface area contributed by atoms with Gasteiger partial charge in [-0.1, -0.05) is 36.4 Å². The first-order valence-electron chi connectivity index (χ1n) is 7.08. The van der Waals surface area contributed by atoms with Gasteiger partial charge in [0.05, 0.1) is 12.1 Å². The standard InChI is InChI=1S/C17H14N2O3S/c20-15(21)11-14-16(22)19(13-9-5-2-6-10-13)17(23)18(14)12-7-3-1-4-8-12/h1-10,14H,11H2,(H,20,21)/t14-/m0/s1. The fraction of sp³-hybridized carbons (Fsp3) is 0.118.